The minimum absolute atomic E-state index is 0.723. The first-order valence-corrected chi connectivity index (χ1v) is 16.7. The molecule has 1 aromatic heterocycles. The number of aryl methyl sites for hydroxylation is 2. The summed E-state index contributed by atoms with van der Waals surface area (Å²) in [5, 5.41) is 2.54. The van der Waals surface area contributed by atoms with Gasteiger partial charge in [-0.25, -0.2) is 0 Å². The Hall–Kier alpha value is -4.35. The quantitative estimate of drug-likeness (QED) is 0.109. The number of hydrogen-bond donors (Lipinski definition) is 0. The first kappa shape index (κ1) is 29.7. The van der Waals surface area contributed by atoms with Gasteiger partial charge in [0.2, 0.25) is 0 Å². The van der Waals surface area contributed by atoms with Gasteiger partial charge < -0.3 is 9.47 Å². The summed E-state index contributed by atoms with van der Waals surface area (Å²) in [4.78, 5) is 2.46. The van der Waals surface area contributed by atoms with E-state index >= 15 is 0 Å². The molecule has 0 saturated carbocycles. The van der Waals surface area contributed by atoms with Crippen LogP contribution in [0.2, 0.25) is 0 Å². The van der Waals surface area contributed by atoms with Crippen molar-refractivity contribution >= 4 is 56.9 Å². The van der Waals surface area contributed by atoms with E-state index in [1.165, 1.54) is 61.2 Å². The average molecular weight is 685 g/mol. The number of para-hydroxylation sites is 2. The zero-order valence-electron chi connectivity index (χ0n) is 25.5. The SMILES string of the molecule is C/C=C\c1ccn(-c2ccccc2)c1CN(c1cccc(-c2ccc3cc(/C=C\CI)c(C)cc3c2)c1)c1ccccc1C. The van der Waals surface area contributed by atoms with E-state index in [0.717, 1.165) is 16.7 Å². The molecule has 0 unspecified atom stereocenters. The zero-order chi connectivity index (χ0) is 30.5. The van der Waals surface area contributed by atoms with Gasteiger partial charge in [0.05, 0.1) is 6.54 Å². The standard InChI is InChI=1S/C41H37IN2/c1-4-12-32-22-24-43(38-16-6-5-7-17-38)41(32)29-44(40-19-9-8-13-30(40)2)39-18-10-14-34(28-39)35-20-21-36-26-33(15-11-23-42)31(3)25-37(36)27-35/h4-22,24-28H,23,29H2,1-3H3/b12-4-,15-11-. The molecule has 0 aliphatic heterocycles. The number of fused-ring (bicyclic) bond motifs is 1. The van der Waals surface area contributed by atoms with Crippen molar-refractivity contribution in [3.8, 4) is 16.8 Å². The van der Waals surface area contributed by atoms with E-state index in [1.54, 1.807) is 0 Å². The fourth-order valence-electron chi connectivity index (χ4n) is 5.95. The molecule has 5 aromatic carbocycles. The van der Waals surface area contributed by atoms with Gasteiger partial charge in [-0.1, -0.05) is 114 Å². The minimum Gasteiger partial charge on any atom is -0.335 e. The van der Waals surface area contributed by atoms with Crippen molar-refractivity contribution in [2.75, 3.05) is 9.33 Å². The van der Waals surface area contributed by atoms with Crippen molar-refractivity contribution in [1.29, 1.82) is 0 Å². The molecule has 0 fully saturated rings. The van der Waals surface area contributed by atoms with E-state index < -0.39 is 0 Å². The Morgan fingerprint density at radius 1 is 0.682 bits per heavy atom. The maximum atomic E-state index is 2.46. The molecular formula is C41H37IN2. The second-order valence-corrected chi connectivity index (χ2v) is 12.1. The van der Waals surface area contributed by atoms with Crippen LogP contribution in [-0.2, 0) is 6.54 Å². The second kappa shape index (κ2) is 13.5. The number of aromatic nitrogens is 1. The molecule has 0 atom stereocenters. The average Bonchev–Trinajstić information content (AvgIpc) is 3.45. The van der Waals surface area contributed by atoms with E-state index in [2.05, 4.69) is 199 Å². The lowest BCUT2D eigenvalue weighted by Crippen LogP contribution is -2.20. The van der Waals surface area contributed by atoms with Crippen molar-refractivity contribution in [3.05, 3.63) is 162 Å². The van der Waals surface area contributed by atoms with E-state index in [4.69, 9.17) is 0 Å². The normalized spacial score (nSPS) is 11.6. The van der Waals surface area contributed by atoms with Crippen LogP contribution in [0.3, 0.4) is 0 Å². The molecule has 0 bridgehead atoms. The molecule has 0 saturated heterocycles. The van der Waals surface area contributed by atoms with Crippen molar-refractivity contribution in [3.63, 3.8) is 0 Å². The lowest BCUT2D eigenvalue weighted by molar-refractivity contribution is 0.871. The minimum atomic E-state index is 0.723. The van der Waals surface area contributed by atoms with Gasteiger partial charge in [-0.15, -0.1) is 0 Å². The second-order valence-electron chi connectivity index (χ2n) is 11.2. The summed E-state index contributed by atoms with van der Waals surface area (Å²) < 4.78 is 3.33. The number of nitrogens with zero attached hydrogens (tertiary/aromatic N) is 2. The smallest absolute Gasteiger partial charge is 0.0643 e. The van der Waals surface area contributed by atoms with E-state index in [1.807, 2.05) is 0 Å². The fourth-order valence-corrected chi connectivity index (χ4v) is 6.21. The summed E-state index contributed by atoms with van der Waals surface area (Å²) >= 11 is 2.39. The number of rotatable bonds is 9. The molecule has 0 N–H and O–H groups in total. The number of allylic oxidation sites excluding steroid dienone is 2. The third-order valence-electron chi connectivity index (χ3n) is 8.22. The van der Waals surface area contributed by atoms with Gasteiger partial charge in [0.25, 0.3) is 0 Å². The summed E-state index contributed by atoms with van der Waals surface area (Å²) in [6.45, 7) is 7.21. The summed E-state index contributed by atoms with van der Waals surface area (Å²) in [6, 6.07) is 42.0. The van der Waals surface area contributed by atoms with Gasteiger partial charge in [-0.2, -0.15) is 0 Å². The van der Waals surface area contributed by atoms with Crippen LogP contribution in [0.15, 0.2) is 134 Å². The van der Waals surface area contributed by atoms with Crippen LogP contribution < -0.4 is 4.90 Å². The molecular weight excluding hydrogens is 647 g/mol. The molecule has 1 heterocycles. The summed E-state index contributed by atoms with van der Waals surface area (Å²) in [7, 11) is 0. The largest absolute Gasteiger partial charge is 0.335 e. The third kappa shape index (κ3) is 6.29. The van der Waals surface area contributed by atoms with E-state index in [-0.39, 0.29) is 0 Å². The molecule has 2 nitrogen and oxygen atoms in total. The molecule has 6 rings (SSSR count). The lowest BCUT2D eigenvalue weighted by atomic mass is 9.97. The van der Waals surface area contributed by atoms with Crippen LogP contribution in [-0.4, -0.2) is 8.99 Å². The number of anilines is 2. The van der Waals surface area contributed by atoms with E-state index in [9.17, 15) is 0 Å². The zero-order valence-corrected chi connectivity index (χ0v) is 27.7. The van der Waals surface area contributed by atoms with Crippen molar-refractivity contribution in [1.82, 2.24) is 4.57 Å². The van der Waals surface area contributed by atoms with Crippen molar-refractivity contribution in [2.24, 2.45) is 0 Å². The molecule has 218 valence electrons. The number of benzene rings is 5. The predicted molar refractivity (Wildman–Crippen MR) is 200 cm³/mol. The molecule has 0 aliphatic rings. The lowest BCUT2D eigenvalue weighted by Gasteiger charge is -2.28. The maximum absolute atomic E-state index is 2.46. The summed E-state index contributed by atoms with van der Waals surface area (Å²) in [5.41, 5.74) is 12.3. The first-order valence-electron chi connectivity index (χ1n) is 15.1. The highest BCUT2D eigenvalue weighted by atomic mass is 127. The Balaban J connectivity index is 1.44. The Kier molecular flexibility index (Phi) is 9.13. The fraction of sp³-hybridized carbons (Fsp3) is 0.122. The summed E-state index contributed by atoms with van der Waals surface area (Å²) in [5.74, 6) is 0. The summed E-state index contributed by atoms with van der Waals surface area (Å²) in [6.07, 6.45) is 11.0. The van der Waals surface area contributed by atoms with Crippen LogP contribution in [0, 0.1) is 13.8 Å². The number of alkyl halides is 1. The van der Waals surface area contributed by atoms with Gasteiger partial charge in [-0.05, 0) is 113 Å². The van der Waals surface area contributed by atoms with Crippen LogP contribution in [0.1, 0.15) is 34.9 Å². The number of hydrogen-bond acceptors (Lipinski definition) is 1. The van der Waals surface area contributed by atoms with Crippen molar-refractivity contribution in [2.45, 2.75) is 27.3 Å². The Bertz CT molecular complexity index is 1960. The molecule has 3 heteroatoms. The highest BCUT2D eigenvalue weighted by Gasteiger charge is 2.18. The topological polar surface area (TPSA) is 8.17 Å². The van der Waals surface area contributed by atoms with Gasteiger partial charge >= 0.3 is 0 Å². The highest BCUT2D eigenvalue weighted by molar-refractivity contribution is 14.1. The van der Waals surface area contributed by atoms with Crippen molar-refractivity contribution < 1.29 is 0 Å². The highest BCUT2D eigenvalue weighted by Crippen LogP contribution is 2.35. The molecule has 6 aromatic rings. The van der Waals surface area contributed by atoms with Crippen LogP contribution >= 0.6 is 22.6 Å². The van der Waals surface area contributed by atoms with Crippen LogP contribution in [0.4, 0.5) is 11.4 Å². The van der Waals surface area contributed by atoms with Gasteiger partial charge in [-0.3, -0.25) is 0 Å². The maximum Gasteiger partial charge on any atom is 0.0643 e. The first-order chi connectivity index (χ1) is 21.6. The monoisotopic (exact) mass is 684 g/mol. The third-order valence-corrected chi connectivity index (χ3v) is 8.73. The Morgan fingerprint density at radius 2 is 1.48 bits per heavy atom. The van der Waals surface area contributed by atoms with Gasteiger partial charge in [0.15, 0.2) is 0 Å². The van der Waals surface area contributed by atoms with Gasteiger partial charge in [0, 0.05) is 33.4 Å². The van der Waals surface area contributed by atoms with Crippen LogP contribution in [0.25, 0.3) is 39.7 Å². The van der Waals surface area contributed by atoms with E-state index in [0.29, 0.717) is 0 Å². The Labute approximate surface area is 275 Å². The number of halogens is 1. The Morgan fingerprint density at radius 3 is 2.27 bits per heavy atom. The molecule has 0 radical (unpaired) electrons. The molecule has 0 spiro atoms. The van der Waals surface area contributed by atoms with Crippen LogP contribution in [0.5, 0.6) is 0 Å². The molecule has 44 heavy (non-hydrogen) atoms. The van der Waals surface area contributed by atoms with Gasteiger partial charge in [0.1, 0.15) is 0 Å². The molecule has 0 aliphatic carbocycles. The molecule has 0 amide bonds. The predicted octanol–water partition coefficient (Wildman–Crippen LogP) is 11.7.